The number of aliphatic hydroxyl groups is 1. The van der Waals surface area contributed by atoms with Gasteiger partial charge in [-0.05, 0) is 12.1 Å². The first-order valence-electron chi connectivity index (χ1n) is 4.86. The minimum atomic E-state index is -0.280. The summed E-state index contributed by atoms with van der Waals surface area (Å²) in [6.45, 7) is 1.34. The average molecular weight is 211 g/mol. The van der Waals surface area contributed by atoms with Gasteiger partial charge in [0.25, 0.3) is 5.91 Å². The molecular formula is C10H13NO4. The van der Waals surface area contributed by atoms with Gasteiger partial charge in [-0.1, -0.05) is 0 Å². The average Bonchev–Trinajstić information content (AvgIpc) is 2.81. The van der Waals surface area contributed by atoms with E-state index in [1.54, 1.807) is 17.0 Å². The molecule has 0 bridgehead atoms. The van der Waals surface area contributed by atoms with Crippen LogP contribution in [0.1, 0.15) is 10.6 Å². The molecule has 0 radical (unpaired) electrons. The van der Waals surface area contributed by atoms with Gasteiger partial charge in [-0.2, -0.15) is 0 Å². The number of nitrogens with zero attached hydrogens (tertiary/aromatic N) is 1. The lowest BCUT2D eigenvalue weighted by Crippen LogP contribution is -2.46. The summed E-state index contributed by atoms with van der Waals surface area (Å²) in [4.78, 5) is 13.4. The van der Waals surface area contributed by atoms with Crippen molar-refractivity contribution in [3.63, 3.8) is 0 Å². The Kier molecular flexibility index (Phi) is 3.03. The number of hydrogen-bond acceptors (Lipinski definition) is 4. The van der Waals surface area contributed by atoms with Gasteiger partial charge < -0.3 is 19.2 Å². The van der Waals surface area contributed by atoms with E-state index in [4.69, 9.17) is 14.3 Å². The molecule has 1 aliphatic rings. The van der Waals surface area contributed by atoms with Crippen LogP contribution in [0.5, 0.6) is 0 Å². The summed E-state index contributed by atoms with van der Waals surface area (Å²) in [6.07, 6.45) is 1.19. The first-order valence-corrected chi connectivity index (χ1v) is 4.86. The van der Waals surface area contributed by atoms with Crippen LogP contribution in [0.2, 0.25) is 0 Å². The van der Waals surface area contributed by atoms with Crippen molar-refractivity contribution < 1.29 is 19.1 Å². The summed E-state index contributed by atoms with van der Waals surface area (Å²) in [7, 11) is 0. The SMILES string of the molecule is O=C(c1ccco1)N1CCOC(CO)C1. The maximum absolute atomic E-state index is 11.8. The second-order valence-corrected chi connectivity index (χ2v) is 3.40. The van der Waals surface area contributed by atoms with Gasteiger partial charge in [-0.15, -0.1) is 0 Å². The molecule has 0 spiro atoms. The third-order valence-corrected chi connectivity index (χ3v) is 2.36. The van der Waals surface area contributed by atoms with E-state index < -0.39 is 0 Å². The van der Waals surface area contributed by atoms with Crippen LogP contribution >= 0.6 is 0 Å². The molecule has 1 saturated heterocycles. The highest BCUT2D eigenvalue weighted by Gasteiger charge is 2.25. The molecule has 0 saturated carbocycles. The van der Waals surface area contributed by atoms with Crippen molar-refractivity contribution in [3.05, 3.63) is 24.2 Å². The van der Waals surface area contributed by atoms with Gasteiger partial charge in [0.1, 0.15) is 0 Å². The Bertz CT molecular complexity index is 322. The van der Waals surface area contributed by atoms with Crippen molar-refractivity contribution >= 4 is 5.91 Å². The van der Waals surface area contributed by atoms with E-state index in [0.29, 0.717) is 25.5 Å². The van der Waals surface area contributed by atoms with Gasteiger partial charge in [-0.3, -0.25) is 4.79 Å². The van der Waals surface area contributed by atoms with Crippen molar-refractivity contribution in [1.82, 2.24) is 4.90 Å². The molecule has 1 atom stereocenters. The smallest absolute Gasteiger partial charge is 0.289 e. The first kappa shape index (κ1) is 10.2. The maximum atomic E-state index is 11.8. The Morgan fingerprint density at radius 2 is 2.53 bits per heavy atom. The maximum Gasteiger partial charge on any atom is 0.289 e. The number of carbonyl (C=O) groups excluding carboxylic acids is 1. The minimum absolute atomic E-state index is 0.0675. The zero-order chi connectivity index (χ0) is 10.7. The van der Waals surface area contributed by atoms with E-state index in [2.05, 4.69) is 0 Å². The largest absolute Gasteiger partial charge is 0.459 e. The number of amides is 1. The second-order valence-electron chi connectivity index (χ2n) is 3.40. The van der Waals surface area contributed by atoms with Crippen LogP contribution in [0.15, 0.2) is 22.8 Å². The van der Waals surface area contributed by atoms with Crippen LogP contribution in [0.25, 0.3) is 0 Å². The van der Waals surface area contributed by atoms with E-state index in [0.717, 1.165) is 0 Å². The van der Waals surface area contributed by atoms with Gasteiger partial charge in [0.05, 0.1) is 25.6 Å². The predicted molar refractivity (Wildman–Crippen MR) is 51.4 cm³/mol. The van der Waals surface area contributed by atoms with Crippen LogP contribution in [0, 0.1) is 0 Å². The number of hydrogen-bond donors (Lipinski definition) is 1. The molecule has 0 aromatic carbocycles. The lowest BCUT2D eigenvalue weighted by molar-refractivity contribution is -0.0453. The van der Waals surface area contributed by atoms with E-state index in [1.165, 1.54) is 6.26 Å². The third kappa shape index (κ3) is 2.19. The Labute approximate surface area is 87.2 Å². The van der Waals surface area contributed by atoms with E-state index in [9.17, 15) is 4.79 Å². The van der Waals surface area contributed by atoms with Crippen molar-refractivity contribution in [1.29, 1.82) is 0 Å². The topological polar surface area (TPSA) is 62.9 Å². The Morgan fingerprint density at radius 3 is 3.20 bits per heavy atom. The highest BCUT2D eigenvalue weighted by atomic mass is 16.5. The van der Waals surface area contributed by atoms with Crippen molar-refractivity contribution in [3.8, 4) is 0 Å². The number of furan rings is 1. The van der Waals surface area contributed by atoms with Crippen LogP contribution in [-0.2, 0) is 4.74 Å². The monoisotopic (exact) mass is 211 g/mol. The molecule has 1 amide bonds. The fourth-order valence-electron chi connectivity index (χ4n) is 1.57. The lowest BCUT2D eigenvalue weighted by atomic mass is 10.2. The van der Waals surface area contributed by atoms with Crippen LogP contribution in [0.4, 0.5) is 0 Å². The minimum Gasteiger partial charge on any atom is -0.459 e. The fraction of sp³-hybridized carbons (Fsp3) is 0.500. The summed E-state index contributed by atoms with van der Waals surface area (Å²) >= 11 is 0. The van der Waals surface area contributed by atoms with Crippen LogP contribution in [0.3, 0.4) is 0 Å². The molecule has 2 rings (SSSR count). The molecule has 15 heavy (non-hydrogen) atoms. The molecule has 1 aromatic rings. The van der Waals surface area contributed by atoms with Gasteiger partial charge in [0.2, 0.25) is 0 Å². The molecule has 5 nitrogen and oxygen atoms in total. The van der Waals surface area contributed by atoms with Crippen LogP contribution < -0.4 is 0 Å². The van der Waals surface area contributed by atoms with E-state index >= 15 is 0 Å². The Hall–Kier alpha value is -1.33. The summed E-state index contributed by atoms with van der Waals surface area (Å²) < 4.78 is 10.3. The normalized spacial score (nSPS) is 21.7. The first-order chi connectivity index (χ1) is 7.31. The summed E-state index contributed by atoms with van der Waals surface area (Å²) in [5, 5.41) is 8.93. The summed E-state index contributed by atoms with van der Waals surface area (Å²) in [6, 6.07) is 3.31. The van der Waals surface area contributed by atoms with Crippen molar-refractivity contribution in [2.24, 2.45) is 0 Å². The molecule has 82 valence electrons. The zero-order valence-electron chi connectivity index (χ0n) is 8.26. The number of rotatable bonds is 2. The highest BCUT2D eigenvalue weighted by Crippen LogP contribution is 2.10. The van der Waals surface area contributed by atoms with Crippen LogP contribution in [-0.4, -0.2) is 48.3 Å². The molecule has 1 unspecified atom stereocenters. The number of ether oxygens (including phenoxy) is 1. The lowest BCUT2D eigenvalue weighted by Gasteiger charge is -2.31. The molecule has 2 heterocycles. The molecule has 1 aromatic heterocycles. The highest BCUT2D eigenvalue weighted by molar-refractivity contribution is 5.91. The van der Waals surface area contributed by atoms with Gasteiger partial charge in [0.15, 0.2) is 5.76 Å². The summed E-state index contributed by atoms with van der Waals surface area (Å²) in [5.74, 6) is 0.176. The molecule has 0 aliphatic carbocycles. The standard InChI is InChI=1S/C10H13NO4/c12-7-8-6-11(3-5-14-8)10(13)9-2-1-4-15-9/h1-2,4,8,12H,3,5-7H2. The quantitative estimate of drug-likeness (QED) is 0.754. The molecule has 1 aliphatic heterocycles. The van der Waals surface area contributed by atoms with E-state index in [-0.39, 0.29) is 18.6 Å². The van der Waals surface area contributed by atoms with Gasteiger partial charge in [-0.25, -0.2) is 0 Å². The molecule has 1 N–H and O–H groups in total. The number of carbonyl (C=O) groups is 1. The summed E-state index contributed by atoms with van der Waals surface area (Å²) in [5.41, 5.74) is 0. The third-order valence-electron chi connectivity index (χ3n) is 2.36. The Balaban J connectivity index is 2.01. The van der Waals surface area contributed by atoms with Crippen molar-refractivity contribution in [2.75, 3.05) is 26.3 Å². The molecule has 1 fully saturated rings. The zero-order valence-corrected chi connectivity index (χ0v) is 8.26. The number of aliphatic hydroxyl groups excluding tert-OH is 1. The van der Waals surface area contributed by atoms with Gasteiger partial charge in [0, 0.05) is 13.1 Å². The number of morpholine rings is 1. The fourth-order valence-corrected chi connectivity index (χ4v) is 1.57. The predicted octanol–water partition coefficient (Wildman–Crippen LogP) is 0.113. The molecular weight excluding hydrogens is 198 g/mol. The van der Waals surface area contributed by atoms with Crippen molar-refractivity contribution in [2.45, 2.75) is 6.10 Å². The van der Waals surface area contributed by atoms with Gasteiger partial charge >= 0.3 is 0 Å². The Morgan fingerprint density at radius 1 is 1.67 bits per heavy atom. The second kappa shape index (κ2) is 4.46. The van der Waals surface area contributed by atoms with E-state index in [1.807, 2.05) is 0 Å². The molecule has 5 heteroatoms.